The molecule has 1 aliphatic rings. The van der Waals surface area contributed by atoms with Crippen molar-refractivity contribution in [3.05, 3.63) is 22.4 Å². The van der Waals surface area contributed by atoms with Gasteiger partial charge in [0.2, 0.25) is 11.9 Å². The van der Waals surface area contributed by atoms with Crippen molar-refractivity contribution < 1.29 is 9.94 Å². The fourth-order valence-electron chi connectivity index (χ4n) is 1.99. The fraction of sp³-hybridized carbons (Fsp3) is 0.545. The average Bonchev–Trinajstić information content (AvgIpc) is 2.27. The number of rotatable bonds is 1. The van der Waals surface area contributed by atoms with E-state index in [4.69, 9.17) is 0 Å². The van der Waals surface area contributed by atoms with Crippen molar-refractivity contribution in [2.45, 2.75) is 26.2 Å². The summed E-state index contributed by atoms with van der Waals surface area (Å²) in [6.07, 6.45) is 5.56. The minimum atomic E-state index is 0.845. The molecule has 4 heteroatoms. The third-order valence-corrected chi connectivity index (χ3v) is 3.94. The largest absolute Gasteiger partial charge is 0.370 e. The average molecular weight is 272 g/mol. The standard InChI is InChI=1S/C11H16BrN2O/c1-9-11(12)10(5-8-14(9)15)13-6-3-2-4-7-13/h5,8,15H,2-4,6-7H2,1H3/q+1. The number of halogens is 1. The molecular formula is C11H16BrN2O+. The zero-order chi connectivity index (χ0) is 10.8. The second-order valence-corrected chi connectivity index (χ2v) is 4.79. The Balaban J connectivity index is 2.31. The van der Waals surface area contributed by atoms with Gasteiger partial charge in [0.15, 0.2) is 0 Å². The zero-order valence-corrected chi connectivity index (χ0v) is 10.5. The molecule has 15 heavy (non-hydrogen) atoms. The summed E-state index contributed by atoms with van der Waals surface area (Å²) in [5, 5.41) is 9.49. The first-order valence-corrected chi connectivity index (χ1v) is 6.14. The van der Waals surface area contributed by atoms with E-state index in [1.165, 1.54) is 24.9 Å². The lowest BCUT2D eigenvalue weighted by molar-refractivity contribution is -0.909. The SMILES string of the molecule is Cc1c(Br)c(N2CCCCC2)cc[n+]1O. The van der Waals surface area contributed by atoms with Crippen LogP contribution >= 0.6 is 15.9 Å². The third kappa shape index (κ3) is 2.09. The van der Waals surface area contributed by atoms with Crippen molar-refractivity contribution in [3.8, 4) is 0 Å². The minimum Gasteiger partial charge on any atom is -0.370 e. The number of piperidine rings is 1. The number of nitrogens with zero attached hydrogens (tertiary/aromatic N) is 2. The van der Waals surface area contributed by atoms with E-state index in [2.05, 4.69) is 20.8 Å². The van der Waals surface area contributed by atoms with Gasteiger partial charge in [0.05, 0.1) is 5.69 Å². The Kier molecular flexibility index (Phi) is 3.14. The molecule has 82 valence electrons. The number of aromatic nitrogens is 1. The summed E-state index contributed by atoms with van der Waals surface area (Å²) >= 11 is 3.54. The van der Waals surface area contributed by atoms with Crippen LogP contribution in [0.3, 0.4) is 0 Å². The summed E-state index contributed by atoms with van der Waals surface area (Å²) in [6, 6.07) is 1.96. The molecule has 1 aliphatic heterocycles. The maximum Gasteiger partial charge on any atom is 0.247 e. The first-order valence-electron chi connectivity index (χ1n) is 5.35. The van der Waals surface area contributed by atoms with Crippen LogP contribution in [-0.4, -0.2) is 18.3 Å². The van der Waals surface area contributed by atoms with E-state index in [0.717, 1.165) is 28.0 Å². The number of hydrogen-bond donors (Lipinski definition) is 1. The van der Waals surface area contributed by atoms with E-state index in [9.17, 15) is 5.21 Å². The van der Waals surface area contributed by atoms with Gasteiger partial charge in [-0.1, -0.05) is 0 Å². The summed E-state index contributed by atoms with van der Waals surface area (Å²) in [7, 11) is 0. The molecule has 0 aliphatic carbocycles. The van der Waals surface area contributed by atoms with Crippen LogP contribution in [0.5, 0.6) is 0 Å². The van der Waals surface area contributed by atoms with Crippen molar-refractivity contribution in [1.29, 1.82) is 0 Å². The van der Waals surface area contributed by atoms with Crippen molar-refractivity contribution in [1.82, 2.24) is 0 Å². The van der Waals surface area contributed by atoms with Gasteiger partial charge in [-0.3, -0.25) is 5.21 Å². The highest BCUT2D eigenvalue weighted by atomic mass is 79.9. The molecule has 0 spiro atoms. The molecule has 0 unspecified atom stereocenters. The Morgan fingerprint density at radius 3 is 2.67 bits per heavy atom. The molecule has 3 nitrogen and oxygen atoms in total. The Morgan fingerprint density at radius 1 is 1.33 bits per heavy atom. The monoisotopic (exact) mass is 271 g/mol. The highest BCUT2D eigenvalue weighted by Gasteiger charge is 2.19. The van der Waals surface area contributed by atoms with Gasteiger partial charge in [0, 0.05) is 30.8 Å². The van der Waals surface area contributed by atoms with E-state index in [-0.39, 0.29) is 0 Å². The summed E-state index contributed by atoms with van der Waals surface area (Å²) < 4.78 is 2.15. The van der Waals surface area contributed by atoms with Gasteiger partial charge < -0.3 is 4.90 Å². The van der Waals surface area contributed by atoms with Crippen molar-refractivity contribution in [2.75, 3.05) is 18.0 Å². The molecule has 0 aromatic carbocycles. The molecule has 0 saturated carbocycles. The zero-order valence-electron chi connectivity index (χ0n) is 8.91. The van der Waals surface area contributed by atoms with Gasteiger partial charge in [-0.25, -0.2) is 0 Å². The van der Waals surface area contributed by atoms with Crippen molar-refractivity contribution in [3.63, 3.8) is 0 Å². The molecule has 1 aromatic rings. The normalized spacial score (nSPS) is 16.8. The molecular weight excluding hydrogens is 256 g/mol. The van der Waals surface area contributed by atoms with E-state index >= 15 is 0 Å². The smallest absolute Gasteiger partial charge is 0.247 e. The summed E-state index contributed by atoms with van der Waals surface area (Å²) in [5.41, 5.74) is 2.04. The molecule has 1 saturated heterocycles. The van der Waals surface area contributed by atoms with E-state index in [1.807, 2.05) is 13.0 Å². The van der Waals surface area contributed by atoms with Crippen LogP contribution in [-0.2, 0) is 0 Å². The maximum atomic E-state index is 9.49. The van der Waals surface area contributed by atoms with Gasteiger partial charge in [-0.05, 0) is 35.2 Å². The van der Waals surface area contributed by atoms with Crippen LogP contribution < -0.4 is 9.63 Å². The van der Waals surface area contributed by atoms with Crippen LogP contribution in [0, 0.1) is 6.92 Å². The number of pyridine rings is 1. The van der Waals surface area contributed by atoms with Gasteiger partial charge in [-0.15, -0.1) is 0 Å². The minimum absolute atomic E-state index is 0.845. The van der Waals surface area contributed by atoms with Crippen LogP contribution in [0.4, 0.5) is 5.69 Å². The highest BCUT2D eigenvalue weighted by Crippen LogP contribution is 2.29. The first-order chi connectivity index (χ1) is 7.20. The molecule has 0 bridgehead atoms. The predicted molar refractivity (Wildman–Crippen MR) is 62.3 cm³/mol. The topological polar surface area (TPSA) is 27.4 Å². The van der Waals surface area contributed by atoms with E-state index in [1.54, 1.807) is 6.20 Å². The quantitative estimate of drug-likeness (QED) is 0.627. The van der Waals surface area contributed by atoms with Gasteiger partial charge in [-0.2, -0.15) is 0 Å². The highest BCUT2D eigenvalue weighted by molar-refractivity contribution is 9.10. The first kappa shape index (κ1) is 10.7. The van der Waals surface area contributed by atoms with Crippen LogP contribution in [0.25, 0.3) is 0 Å². The molecule has 1 fully saturated rings. The number of anilines is 1. The lowest BCUT2D eigenvalue weighted by Gasteiger charge is -2.29. The lowest BCUT2D eigenvalue weighted by atomic mass is 10.1. The van der Waals surface area contributed by atoms with Crippen LogP contribution in [0.15, 0.2) is 16.7 Å². The lowest BCUT2D eigenvalue weighted by Crippen LogP contribution is -2.36. The van der Waals surface area contributed by atoms with Gasteiger partial charge in [0.1, 0.15) is 4.47 Å². The molecule has 2 rings (SSSR count). The summed E-state index contributed by atoms with van der Waals surface area (Å²) in [4.78, 5) is 2.38. The molecule has 2 heterocycles. The number of hydrogen-bond acceptors (Lipinski definition) is 2. The molecule has 0 atom stereocenters. The maximum absolute atomic E-state index is 9.49. The van der Waals surface area contributed by atoms with Gasteiger partial charge in [0.25, 0.3) is 0 Å². The Bertz CT molecular complexity index is 362. The Hall–Kier alpha value is -0.770. The second kappa shape index (κ2) is 4.39. The second-order valence-electron chi connectivity index (χ2n) is 3.99. The molecule has 0 amide bonds. The van der Waals surface area contributed by atoms with E-state index in [0.29, 0.717) is 0 Å². The molecule has 0 radical (unpaired) electrons. The predicted octanol–water partition coefficient (Wildman–Crippen LogP) is 2.27. The van der Waals surface area contributed by atoms with Crippen molar-refractivity contribution in [2.24, 2.45) is 0 Å². The van der Waals surface area contributed by atoms with Gasteiger partial charge >= 0.3 is 0 Å². The van der Waals surface area contributed by atoms with Crippen LogP contribution in [0.2, 0.25) is 0 Å². The Labute approximate surface area is 98.4 Å². The Morgan fingerprint density at radius 2 is 2.00 bits per heavy atom. The third-order valence-electron chi connectivity index (χ3n) is 2.96. The molecule has 1 aromatic heterocycles. The summed E-state index contributed by atoms with van der Waals surface area (Å²) in [5.74, 6) is 0. The fourth-order valence-corrected chi connectivity index (χ4v) is 2.56. The summed E-state index contributed by atoms with van der Waals surface area (Å²) in [6.45, 7) is 4.14. The van der Waals surface area contributed by atoms with E-state index < -0.39 is 0 Å². The molecule has 1 N–H and O–H groups in total. The van der Waals surface area contributed by atoms with Crippen LogP contribution in [0.1, 0.15) is 25.0 Å². The van der Waals surface area contributed by atoms with Crippen molar-refractivity contribution >= 4 is 21.6 Å².